The number of ether oxygens (including phenoxy) is 2. The monoisotopic (exact) mass is 357 g/mol. The van der Waals surface area contributed by atoms with Gasteiger partial charge in [-0.2, -0.15) is 0 Å². The summed E-state index contributed by atoms with van der Waals surface area (Å²) in [7, 11) is -2.85. The predicted molar refractivity (Wildman–Crippen MR) is 81.1 cm³/mol. The van der Waals surface area contributed by atoms with E-state index >= 15 is 0 Å². The quantitative estimate of drug-likeness (QED) is 0.803. The summed E-state index contributed by atoms with van der Waals surface area (Å²) < 4.78 is 62.2. The SMILES string of the molecule is COC(=O)COc1ccc(S(=O)(=O)Nc2ccc(F)cc2F)cc1. The molecule has 0 aliphatic heterocycles. The second-order valence-corrected chi connectivity index (χ2v) is 6.25. The number of halogens is 2. The van der Waals surface area contributed by atoms with Gasteiger partial charge < -0.3 is 9.47 Å². The molecule has 1 N–H and O–H groups in total. The highest BCUT2D eigenvalue weighted by atomic mass is 32.2. The molecule has 0 fully saturated rings. The number of nitrogens with one attached hydrogen (secondary N) is 1. The number of anilines is 1. The first-order chi connectivity index (χ1) is 11.3. The van der Waals surface area contributed by atoms with Crippen LogP contribution < -0.4 is 9.46 Å². The van der Waals surface area contributed by atoms with Gasteiger partial charge in [0.05, 0.1) is 17.7 Å². The van der Waals surface area contributed by atoms with Gasteiger partial charge in [0, 0.05) is 6.07 Å². The van der Waals surface area contributed by atoms with E-state index in [1.807, 2.05) is 4.72 Å². The third-order valence-corrected chi connectivity index (χ3v) is 4.28. The zero-order chi connectivity index (χ0) is 17.7. The van der Waals surface area contributed by atoms with Crippen molar-refractivity contribution in [3.05, 3.63) is 54.1 Å². The maximum Gasteiger partial charge on any atom is 0.343 e. The van der Waals surface area contributed by atoms with Crippen LogP contribution in [0, 0.1) is 11.6 Å². The second-order valence-electron chi connectivity index (χ2n) is 4.57. The van der Waals surface area contributed by atoms with Gasteiger partial charge in [0.2, 0.25) is 0 Å². The van der Waals surface area contributed by atoms with Crippen molar-refractivity contribution < 1.29 is 31.5 Å². The van der Waals surface area contributed by atoms with Crippen molar-refractivity contribution >= 4 is 21.7 Å². The number of benzene rings is 2. The fourth-order valence-electron chi connectivity index (χ4n) is 1.69. The molecule has 6 nitrogen and oxygen atoms in total. The molecule has 128 valence electrons. The van der Waals surface area contributed by atoms with Gasteiger partial charge in [0.25, 0.3) is 10.0 Å². The highest BCUT2D eigenvalue weighted by Gasteiger charge is 2.17. The Labute approximate surface area is 137 Å². The number of hydrogen-bond acceptors (Lipinski definition) is 5. The minimum atomic E-state index is -4.06. The summed E-state index contributed by atoms with van der Waals surface area (Å²) in [5, 5.41) is 0. The smallest absolute Gasteiger partial charge is 0.343 e. The van der Waals surface area contributed by atoms with Gasteiger partial charge in [0.15, 0.2) is 6.61 Å². The molecule has 0 heterocycles. The van der Waals surface area contributed by atoms with Crippen LogP contribution in [0.15, 0.2) is 47.4 Å². The highest BCUT2D eigenvalue weighted by molar-refractivity contribution is 7.92. The van der Waals surface area contributed by atoms with Gasteiger partial charge in [-0.05, 0) is 36.4 Å². The summed E-state index contributed by atoms with van der Waals surface area (Å²) >= 11 is 0. The van der Waals surface area contributed by atoms with E-state index < -0.39 is 27.6 Å². The van der Waals surface area contributed by atoms with Gasteiger partial charge >= 0.3 is 5.97 Å². The number of methoxy groups -OCH3 is 1. The molecule has 24 heavy (non-hydrogen) atoms. The molecule has 9 heteroatoms. The Balaban J connectivity index is 2.13. The van der Waals surface area contributed by atoms with Crippen molar-refractivity contribution in [3.8, 4) is 5.75 Å². The van der Waals surface area contributed by atoms with Crippen LogP contribution in [0.2, 0.25) is 0 Å². The molecular weight excluding hydrogens is 344 g/mol. The molecule has 0 radical (unpaired) electrons. The molecule has 0 unspecified atom stereocenters. The second kappa shape index (κ2) is 7.26. The van der Waals surface area contributed by atoms with E-state index in [-0.39, 0.29) is 22.9 Å². The van der Waals surface area contributed by atoms with Crippen molar-refractivity contribution in [1.29, 1.82) is 0 Å². The molecule has 0 spiro atoms. The Morgan fingerprint density at radius 2 is 1.79 bits per heavy atom. The van der Waals surface area contributed by atoms with Crippen LogP contribution in [-0.2, 0) is 19.6 Å². The molecule has 0 aliphatic rings. The third kappa shape index (κ3) is 4.42. The van der Waals surface area contributed by atoms with E-state index in [0.29, 0.717) is 6.07 Å². The lowest BCUT2D eigenvalue weighted by Crippen LogP contribution is -2.14. The zero-order valence-corrected chi connectivity index (χ0v) is 13.3. The van der Waals surface area contributed by atoms with Crippen LogP contribution in [0.5, 0.6) is 5.75 Å². The molecule has 0 amide bonds. The standard InChI is InChI=1S/C15H13F2NO5S/c1-22-15(19)9-23-11-3-5-12(6-4-11)24(20,21)18-14-7-2-10(16)8-13(14)17/h2-8,18H,9H2,1H3. The maximum absolute atomic E-state index is 13.5. The van der Waals surface area contributed by atoms with Gasteiger partial charge in [-0.15, -0.1) is 0 Å². The van der Waals surface area contributed by atoms with Crippen molar-refractivity contribution in [2.24, 2.45) is 0 Å². The molecule has 0 saturated carbocycles. The lowest BCUT2D eigenvalue weighted by Gasteiger charge is -2.10. The summed E-state index contributed by atoms with van der Waals surface area (Å²) in [6, 6.07) is 7.59. The summed E-state index contributed by atoms with van der Waals surface area (Å²) in [5.74, 6) is -2.17. The lowest BCUT2D eigenvalue weighted by atomic mass is 10.3. The normalized spacial score (nSPS) is 11.0. The molecule has 0 saturated heterocycles. The van der Waals surface area contributed by atoms with Crippen molar-refractivity contribution in [1.82, 2.24) is 0 Å². The van der Waals surface area contributed by atoms with Gasteiger partial charge in [-0.3, -0.25) is 4.72 Å². The fourth-order valence-corrected chi connectivity index (χ4v) is 2.76. The van der Waals surface area contributed by atoms with E-state index in [1.54, 1.807) is 0 Å². The number of hydrogen-bond donors (Lipinski definition) is 1. The summed E-state index contributed by atoms with van der Waals surface area (Å²) in [6.07, 6.45) is 0. The minimum absolute atomic E-state index is 0.156. The number of rotatable bonds is 6. The summed E-state index contributed by atoms with van der Waals surface area (Å²) in [5.41, 5.74) is -0.373. The van der Waals surface area contributed by atoms with Crippen LogP contribution in [0.4, 0.5) is 14.5 Å². The molecule has 2 rings (SSSR count). The molecular formula is C15H13F2NO5S. The molecule has 2 aromatic carbocycles. The first-order valence-corrected chi connectivity index (χ1v) is 8.07. The Hall–Kier alpha value is -2.68. The van der Waals surface area contributed by atoms with Gasteiger partial charge in [0.1, 0.15) is 17.4 Å². The topological polar surface area (TPSA) is 81.7 Å². The van der Waals surface area contributed by atoms with Crippen LogP contribution in [0.25, 0.3) is 0 Å². The first kappa shape index (κ1) is 17.7. The van der Waals surface area contributed by atoms with E-state index in [1.165, 1.54) is 31.4 Å². The van der Waals surface area contributed by atoms with Crippen LogP contribution in [0.1, 0.15) is 0 Å². The van der Waals surface area contributed by atoms with E-state index in [2.05, 4.69) is 4.74 Å². The maximum atomic E-state index is 13.5. The largest absolute Gasteiger partial charge is 0.482 e. The Morgan fingerprint density at radius 1 is 1.12 bits per heavy atom. The zero-order valence-electron chi connectivity index (χ0n) is 12.5. The third-order valence-electron chi connectivity index (χ3n) is 2.89. The van der Waals surface area contributed by atoms with Crippen LogP contribution in [-0.4, -0.2) is 28.1 Å². The average molecular weight is 357 g/mol. The van der Waals surface area contributed by atoms with Gasteiger partial charge in [-0.1, -0.05) is 0 Å². The fraction of sp³-hybridized carbons (Fsp3) is 0.133. The van der Waals surface area contributed by atoms with Gasteiger partial charge in [-0.25, -0.2) is 22.0 Å². The van der Waals surface area contributed by atoms with E-state index in [0.717, 1.165) is 12.1 Å². The van der Waals surface area contributed by atoms with Crippen molar-refractivity contribution in [2.45, 2.75) is 4.90 Å². The molecule has 0 aromatic heterocycles. The Morgan fingerprint density at radius 3 is 2.38 bits per heavy atom. The van der Waals surface area contributed by atoms with Crippen LogP contribution in [0.3, 0.4) is 0 Å². The lowest BCUT2D eigenvalue weighted by molar-refractivity contribution is -0.142. The number of esters is 1. The van der Waals surface area contributed by atoms with E-state index in [4.69, 9.17) is 4.74 Å². The number of sulfonamides is 1. The summed E-state index contributed by atoms with van der Waals surface area (Å²) in [4.78, 5) is 10.8. The van der Waals surface area contributed by atoms with Crippen LogP contribution >= 0.6 is 0 Å². The van der Waals surface area contributed by atoms with E-state index in [9.17, 15) is 22.0 Å². The Kier molecular flexibility index (Phi) is 5.35. The highest BCUT2D eigenvalue weighted by Crippen LogP contribution is 2.21. The molecule has 0 atom stereocenters. The first-order valence-electron chi connectivity index (χ1n) is 6.59. The average Bonchev–Trinajstić information content (AvgIpc) is 2.55. The molecule has 2 aromatic rings. The summed E-state index contributed by atoms with van der Waals surface area (Å²) in [6.45, 7) is -0.318. The molecule has 0 bridgehead atoms. The molecule has 0 aliphatic carbocycles. The predicted octanol–water partition coefficient (Wildman–Crippen LogP) is 2.32. The Bertz CT molecular complexity index is 837. The van der Waals surface area contributed by atoms with Crippen molar-refractivity contribution in [3.63, 3.8) is 0 Å². The van der Waals surface area contributed by atoms with Crippen molar-refractivity contribution in [2.75, 3.05) is 18.4 Å². The minimum Gasteiger partial charge on any atom is -0.482 e. The number of carbonyl (C=O) groups excluding carboxylic acids is 1. The number of carbonyl (C=O) groups is 1.